The van der Waals surface area contributed by atoms with Gasteiger partial charge in [0.05, 0.1) is 0 Å². The quantitative estimate of drug-likeness (QED) is 0.665. The van der Waals surface area contributed by atoms with E-state index in [1.807, 2.05) is 6.08 Å². The molecule has 0 aromatic carbocycles. The van der Waals surface area contributed by atoms with Crippen LogP contribution >= 0.6 is 0 Å². The molecule has 0 bridgehead atoms. The van der Waals surface area contributed by atoms with Crippen molar-refractivity contribution in [2.24, 2.45) is 5.73 Å². The van der Waals surface area contributed by atoms with Crippen LogP contribution in [0.2, 0.25) is 0 Å². The van der Waals surface area contributed by atoms with E-state index in [4.69, 9.17) is 15.2 Å². The molecule has 2 N–H and O–H groups in total. The van der Waals surface area contributed by atoms with E-state index < -0.39 is 0 Å². The molecule has 68 valence electrons. The lowest BCUT2D eigenvalue weighted by Gasteiger charge is -2.16. The van der Waals surface area contributed by atoms with Gasteiger partial charge in [-0.25, -0.2) is 0 Å². The minimum absolute atomic E-state index is 0.712. The Balaban J connectivity index is 2.24. The van der Waals surface area contributed by atoms with Gasteiger partial charge in [0.15, 0.2) is 5.76 Å². The Bertz CT molecular complexity index is 324. The summed E-state index contributed by atoms with van der Waals surface area (Å²) in [6, 6.07) is 0. The topological polar surface area (TPSA) is 44.5 Å². The second-order valence-corrected chi connectivity index (χ2v) is 2.88. The van der Waals surface area contributed by atoms with E-state index in [-0.39, 0.29) is 0 Å². The molecule has 1 aliphatic heterocycles. The number of hydrogen-bond donors (Lipinski definition) is 1. The van der Waals surface area contributed by atoms with Gasteiger partial charge in [0, 0.05) is 11.3 Å². The van der Waals surface area contributed by atoms with E-state index in [1.54, 1.807) is 6.26 Å². The third-order valence-electron chi connectivity index (χ3n) is 2.01. The van der Waals surface area contributed by atoms with Gasteiger partial charge < -0.3 is 15.2 Å². The Hall–Kier alpha value is -1.64. The van der Waals surface area contributed by atoms with Crippen LogP contribution in [0.3, 0.4) is 0 Å². The fourth-order valence-corrected chi connectivity index (χ4v) is 1.35. The van der Waals surface area contributed by atoms with Crippen LogP contribution in [-0.4, -0.2) is 0 Å². The van der Waals surface area contributed by atoms with Gasteiger partial charge >= 0.3 is 0 Å². The van der Waals surface area contributed by atoms with Gasteiger partial charge in [-0.15, -0.1) is 0 Å². The Morgan fingerprint density at radius 3 is 2.92 bits per heavy atom. The molecule has 1 heterocycles. The zero-order chi connectivity index (χ0) is 9.10. The monoisotopic (exact) mass is 177 g/mol. The molecular weight excluding hydrogens is 166 g/mol. The second-order valence-electron chi connectivity index (χ2n) is 2.88. The molecule has 0 aromatic rings. The maximum absolute atomic E-state index is 5.80. The molecule has 2 aliphatic rings. The molecule has 0 unspecified atom stereocenters. The van der Waals surface area contributed by atoms with Crippen molar-refractivity contribution in [2.75, 3.05) is 0 Å². The number of allylic oxidation sites excluding steroid dienone is 3. The zero-order valence-electron chi connectivity index (χ0n) is 7.19. The Labute approximate surface area is 76.8 Å². The van der Waals surface area contributed by atoms with Crippen LogP contribution in [-0.2, 0) is 9.47 Å². The average Bonchev–Trinajstić information content (AvgIpc) is 2.20. The lowest BCUT2D eigenvalue weighted by molar-refractivity contribution is 0.262. The van der Waals surface area contributed by atoms with Gasteiger partial charge in [-0.05, 0) is 18.9 Å². The minimum atomic E-state index is 0.712. The standard InChI is InChI=1S/C10H11NO2/c11-9-4-2-1-3-8(9)10-7-12-5-6-13-10/h2,4-7H,1,3,11H2. The van der Waals surface area contributed by atoms with Crippen LogP contribution in [0.15, 0.2) is 48.0 Å². The van der Waals surface area contributed by atoms with Crippen molar-refractivity contribution >= 4 is 0 Å². The summed E-state index contributed by atoms with van der Waals surface area (Å²) in [5.74, 6) is 0.712. The van der Waals surface area contributed by atoms with E-state index in [1.165, 1.54) is 12.5 Å². The summed E-state index contributed by atoms with van der Waals surface area (Å²) in [6.45, 7) is 0. The molecule has 0 aromatic heterocycles. The predicted octanol–water partition coefficient (Wildman–Crippen LogP) is 1.91. The molecule has 0 saturated heterocycles. The zero-order valence-corrected chi connectivity index (χ0v) is 7.19. The van der Waals surface area contributed by atoms with E-state index in [9.17, 15) is 0 Å². The highest BCUT2D eigenvalue weighted by molar-refractivity contribution is 5.38. The lowest BCUT2D eigenvalue weighted by atomic mass is 10.0. The largest absolute Gasteiger partial charge is 0.466 e. The molecule has 0 radical (unpaired) electrons. The fraction of sp³-hybridized carbons (Fsp3) is 0.200. The van der Waals surface area contributed by atoms with Crippen molar-refractivity contribution in [3.05, 3.63) is 48.0 Å². The van der Waals surface area contributed by atoms with Crippen LogP contribution in [0.25, 0.3) is 0 Å². The van der Waals surface area contributed by atoms with E-state index >= 15 is 0 Å². The molecule has 1 aliphatic carbocycles. The van der Waals surface area contributed by atoms with E-state index in [0.29, 0.717) is 5.76 Å². The molecule has 3 nitrogen and oxygen atoms in total. The molecule has 0 saturated carbocycles. The van der Waals surface area contributed by atoms with Gasteiger partial charge in [0.2, 0.25) is 0 Å². The molecule has 2 rings (SSSR count). The van der Waals surface area contributed by atoms with Crippen molar-refractivity contribution in [3.63, 3.8) is 0 Å². The smallest absolute Gasteiger partial charge is 0.166 e. The van der Waals surface area contributed by atoms with Crippen molar-refractivity contribution in [2.45, 2.75) is 12.8 Å². The summed E-state index contributed by atoms with van der Waals surface area (Å²) in [5.41, 5.74) is 7.58. The van der Waals surface area contributed by atoms with Crippen molar-refractivity contribution in [3.8, 4) is 0 Å². The normalized spacial score (nSPS) is 20.8. The second kappa shape index (κ2) is 3.39. The Morgan fingerprint density at radius 1 is 1.31 bits per heavy atom. The first-order chi connectivity index (χ1) is 6.38. The minimum Gasteiger partial charge on any atom is -0.466 e. The first kappa shape index (κ1) is 7.98. The van der Waals surface area contributed by atoms with Crippen molar-refractivity contribution in [1.82, 2.24) is 0 Å². The summed E-state index contributed by atoms with van der Waals surface area (Å²) in [7, 11) is 0. The van der Waals surface area contributed by atoms with Crippen LogP contribution in [0, 0.1) is 0 Å². The number of ether oxygens (including phenoxy) is 2. The summed E-state index contributed by atoms with van der Waals surface area (Å²) in [5, 5.41) is 0. The highest BCUT2D eigenvalue weighted by Crippen LogP contribution is 2.25. The highest BCUT2D eigenvalue weighted by Gasteiger charge is 2.13. The van der Waals surface area contributed by atoms with Gasteiger partial charge in [-0.2, -0.15) is 0 Å². The number of nitrogens with two attached hydrogens (primary N) is 1. The maximum Gasteiger partial charge on any atom is 0.166 e. The van der Waals surface area contributed by atoms with E-state index in [0.717, 1.165) is 24.1 Å². The van der Waals surface area contributed by atoms with Crippen LogP contribution in [0.5, 0.6) is 0 Å². The summed E-state index contributed by atoms with van der Waals surface area (Å²) in [4.78, 5) is 0. The van der Waals surface area contributed by atoms with E-state index in [2.05, 4.69) is 6.08 Å². The van der Waals surface area contributed by atoms with Crippen molar-refractivity contribution in [1.29, 1.82) is 0 Å². The molecule has 0 spiro atoms. The summed E-state index contributed by atoms with van der Waals surface area (Å²) < 4.78 is 10.3. The number of hydrogen-bond acceptors (Lipinski definition) is 3. The van der Waals surface area contributed by atoms with Crippen molar-refractivity contribution < 1.29 is 9.47 Å². The van der Waals surface area contributed by atoms with Gasteiger partial charge in [-0.1, -0.05) is 6.08 Å². The first-order valence-corrected chi connectivity index (χ1v) is 4.21. The SMILES string of the molecule is NC1=C(C2=COC=CO2)CCC=C1. The Morgan fingerprint density at radius 2 is 2.23 bits per heavy atom. The van der Waals surface area contributed by atoms with Crippen LogP contribution < -0.4 is 5.73 Å². The average molecular weight is 177 g/mol. The molecule has 3 heteroatoms. The van der Waals surface area contributed by atoms with Crippen LogP contribution in [0.4, 0.5) is 0 Å². The Kier molecular flexibility index (Phi) is 2.08. The first-order valence-electron chi connectivity index (χ1n) is 4.21. The highest BCUT2D eigenvalue weighted by atomic mass is 16.5. The molecule has 0 fully saturated rings. The number of rotatable bonds is 1. The van der Waals surface area contributed by atoms with Crippen LogP contribution in [0.1, 0.15) is 12.8 Å². The maximum atomic E-state index is 5.80. The van der Waals surface area contributed by atoms with Gasteiger partial charge in [0.25, 0.3) is 0 Å². The summed E-state index contributed by atoms with van der Waals surface area (Å²) in [6.07, 6.45) is 10.4. The molecule has 0 amide bonds. The van der Waals surface area contributed by atoms with Gasteiger partial charge in [-0.3, -0.25) is 0 Å². The summed E-state index contributed by atoms with van der Waals surface area (Å²) >= 11 is 0. The lowest BCUT2D eigenvalue weighted by Crippen LogP contribution is -2.07. The third-order valence-corrected chi connectivity index (χ3v) is 2.01. The fourth-order valence-electron chi connectivity index (χ4n) is 1.35. The van der Waals surface area contributed by atoms with Gasteiger partial charge in [0.1, 0.15) is 18.8 Å². The molecule has 13 heavy (non-hydrogen) atoms. The predicted molar refractivity (Wildman–Crippen MR) is 49.0 cm³/mol. The molecule has 0 atom stereocenters. The molecular formula is C10H11NO2. The third kappa shape index (κ3) is 1.59.